The minimum Gasteiger partial charge on any atom is -0.381 e. The van der Waals surface area contributed by atoms with Crippen molar-refractivity contribution in [3.8, 4) is 0 Å². The fourth-order valence-corrected chi connectivity index (χ4v) is 1.83. The molecule has 0 aliphatic carbocycles. The quantitative estimate of drug-likeness (QED) is 0.875. The molecule has 0 bridgehead atoms. The summed E-state index contributed by atoms with van der Waals surface area (Å²) in [5.41, 5.74) is 7.01. The average molecular weight is 242 g/mol. The molecule has 2 rings (SSSR count). The van der Waals surface area contributed by atoms with Crippen LogP contribution >= 0.6 is 0 Å². The van der Waals surface area contributed by atoms with Gasteiger partial charge in [0.25, 0.3) is 0 Å². The first-order chi connectivity index (χ1) is 8.83. The third-order valence-electron chi connectivity index (χ3n) is 2.77. The highest BCUT2D eigenvalue weighted by atomic mass is 15.2. The van der Waals surface area contributed by atoms with Crippen LogP contribution in [0, 0.1) is 0 Å². The predicted octanol–water partition coefficient (Wildman–Crippen LogP) is 3.00. The molecular formula is C14H18N4. The molecule has 0 saturated carbocycles. The first-order valence-electron chi connectivity index (χ1n) is 6.22. The lowest BCUT2D eigenvalue weighted by molar-refractivity contribution is 0.779. The fraction of sp³-hybridized carbons (Fsp3) is 0.286. The van der Waals surface area contributed by atoms with Gasteiger partial charge in [-0.25, -0.2) is 9.97 Å². The lowest BCUT2D eigenvalue weighted by atomic mass is 10.2. The van der Waals surface area contributed by atoms with Crippen molar-refractivity contribution in [3.63, 3.8) is 0 Å². The molecule has 0 radical (unpaired) electrons. The third-order valence-corrected chi connectivity index (χ3v) is 2.77. The van der Waals surface area contributed by atoms with Gasteiger partial charge in [-0.1, -0.05) is 31.5 Å². The molecule has 0 fully saturated rings. The van der Waals surface area contributed by atoms with Gasteiger partial charge >= 0.3 is 0 Å². The zero-order chi connectivity index (χ0) is 12.8. The first-order valence-corrected chi connectivity index (χ1v) is 6.22. The summed E-state index contributed by atoms with van der Waals surface area (Å²) in [6.07, 6.45) is 5.50. The molecule has 0 atom stereocenters. The average Bonchev–Trinajstić information content (AvgIpc) is 2.42. The Hall–Kier alpha value is -2.10. The number of aromatic nitrogens is 2. The molecule has 4 heteroatoms. The molecule has 0 unspecified atom stereocenters. The van der Waals surface area contributed by atoms with Gasteiger partial charge in [0.15, 0.2) is 11.6 Å². The largest absolute Gasteiger partial charge is 0.381 e. The molecule has 1 heterocycles. The molecule has 1 aromatic heterocycles. The van der Waals surface area contributed by atoms with Crippen molar-refractivity contribution >= 4 is 17.3 Å². The second-order valence-electron chi connectivity index (χ2n) is 4.11. The van der Waals surface area contributed by atoms with Crippen LogP contribution in [0.25, 0.3) is 0 Å². The maximum atomic E-state index is 5.92. The lowest BCUT2D eigenvalue weighted by Gasteiger charge is -2.24. The van der Waals surface area contributed by atoms with Crippen molar-refractivity contribution < 1.29 is 0 Å². The summed E-state index contributed by atoms with van der Waals surface area (Å²) in [5.74, 6) is 1.20. The van der Waals surface area contributed by atoms with E-state index in [0.29, 0.717) is 5.82 Å². The van der Waals surface area contributed by atoms with Crippen LogP contribution in [-0.2, 0) is 0 Å². The summed E-state index contributed by atoms with van der Waals surface area (Å²) < 4.78 is 0. The Kier molecular flexibility index (Phi) is 4.12. The number of anilines is 3. The molecule has 0 aliphatic rings. The van der Waals surface area contributed by atoms with Crippen LogP contribution in [0.1, 0.15) is 19.8 Å². The molecule has 0 amide bonds. The second-order valence-corrected chi connectivity index (χ2v) is 4.11. The van der Waals surface area contributed by atoms with E-state index in [4.69, 9.17) is 5.73 Å². The molecular weight excluding hydrogens is 224 g/mol. The summed E-state index contributed by atoms with van der Waals surface area (Å²) in [6.45, 7) is 3.06. The van der Waals surface area contributed by atoms with Crippen molar-refractivity contribution in [1.29, 1.82) is 0 Å². The van der Waals surface area contributed by atoms with E-state index in [1.54, 1.807) is 12.4 Å². The van der Waals surface area contributed by atoms with Crippen molar-refractivity contribution in [1.82, 2.24) is 9.97 Å². The maximum absolute atomic E-state index is 5.92. The number of nitrogen functional groups attached to an aromatic ring is 1. The summed E-state index contributed by atoms with van der Waals surface area (Å²) in [6, 6.07) is 10.1. The zero-order valence-electron chi connectivity index (χ0n) is 10.6. The summed E-state index contributed by atoms with van der Waals surface area (Å²) in [4.78, 5) is 10.6. The normalized spacial score (nSPS) is 10.3. The number of nitrogens with two attached hydrogens (primary N) is 1. The first kappa shape index (κ1) is 12.4. The topological polar surface area (TPSA) is 55.0 Å². The van der Waals surface area contributed by atoms with Gasteiger partial charge in [-0.3, -0.25) is 0 Å². The SMILES string of the molecule is CCCCN(c1ccccc1)c1nccnc1N. The number of unbranched alkanes of at least 4 members (excludes halogenated alkanes) is 1. The Morgan fingerprint density at radius 1 is 1.11 bits per heavy atom. The predicted molar refractivity (Wildman–Crippen MR) is 74.8 cm³/mol. The van der Waals surface area contributed by atoms with Crippen LogP contribution in [0.3, 0.4) is 0 Å². The van der Waals surface area contributed by atoms with Crippen LogP contribution in [0.4, 0.5) is 17.3 Å². The molecule has 2 N–H and O–H groups in total. The minimum absolute atomic E-state index is 0.470. The van der Waals surface area contributed by atoms with Crippen LogP contribution in [0.2, 0.25) is 0 Å². The van der Waals surface area contributed by atoms with E-state index in [9.17, 15) is 0 Å². The van der Waals surface area contributed by atoms with E-state index in [-0.39, 0.29) is 0 Å². The second kappa shape index (κ2) is 6.00. The van der Waals surface area contributed by atoms with Crippen LogP contribution in [0.5, 0.6) is 0 Å². The van der Waals surface area contributed by atoms with Crippen LogP contribution in [-0.4, -0.2) is 16.5 Å². The molecule has 1 aromatic carbocycles. The molecule has 18 heavy (non-hydrogen) atoms. The maximum Gasteiger partial charge on any atom is 0.176 e. The van der Waals surface area contributed by atoms with Gasteiger partial charge in [0.05, 0.1) is 0 Å². The smallest absolute Gasteiger partial charge is 0.176 e. The van der Waals surface area contributed by atoms with Crippen LogP contribution < -0.4 is 10.6 Å². The Labute approximate surface area is 107 Å². The number of hydrogen-bond acceptors (Lipinski definition) is 4. The Morgan fingerprint density at radius 2 is 1.83 bits per heavy atom. The standard InChI is InChI=1S/C14H18N4/c1-2-3-11-18(12-7-5-4-6-8-12)14-13(15)16-9-10-17-14/h4-10H,2-3,11H2,1H3,(H2,15,16). The van der Waals surface area contributed by atoms with Gasteiger partial charge in [-0.2, -0.15) is 0 Å². The third kappa shape index (κ3) is 2.77. The Balaban J connectivity index is 2.34. The Bertz CT molecular complexity index is 484. The lowest BCUT2D eigenvalue weighted by Crippen LogP contribution is -2.21. The van der Waals surface area contributed by atoms with Crippen molar-refractivity contribution in [2.24, 2.45) is 0 Å². The highest BCUT2D eigenvalue weighted by Gasteiger charge is 2.13. The van der Waals surface area contributed by atoms with E-state index in [1.165, 1.54) is 0 Å². The zero-order valence-corrected chi connectivity index (χ0v) is 10.6. The molecule has 0 saturated heterocycles. The van der Waals surface area contributed by atoms with E-state index in [1.807, 2.05) is 18.2 Å². The molecule has 94 valence electrons. The Morgan fingerprint density at radius 3 is 2.50 bits per heavy atom. The van der Waals surface area contributed by atoms with E-state index in [2.05, 4.69) is 33.9 Å². The number of nitrogens with zero attached hydrogens (tertiary/aromatic N) is 3. The van der Waals surface area contributed by atoms with Gasteiger partial charge in [-0.05, 0) is 18.6 Å². The van der Waals surface area contributed by atoms with Gasteiger partial charge in [0.2, 0.25) is 0 Å². The molecule has 0 spiro atoms. The number of rotatable bonds is 5. The molecule has 0 aliphatic heterocycles. The van der Waals surface area contributed by atoms with E-state index in [0.717, 1.165) is 30.9 Å². The highest BCUT2D eigenvalue weighted by molar-refractivity contribution is 5.68. The molecule has 4 nitrogen and oxygen atoms in total. The summed E-state index contributed by atoms with van der Waals surface area (Å²) >= 11 is 0. The van der Waals surface area contributed by atoms with E-state index >= 15 is 0 Å². The van der Waals surface area contributed by atoms with Gasteiger partial charge in [0, 0.05) is 24.6 Å². The number of hydrogen-bond donors (Lipinski definition) is 1. The summed E-state index contributed by atoms with van der Waals surface area (Å²) in [7, 11) is 0. The number of benzene rings is 1. The van der Waals surface area contributed by atoms with Gasteiger partial charge < -0.3 is 10.6 Å². The van der Waals surface area contributed by atoms with E-state index < -0.39 is 0 Å². The van der Waals surface area contributed by atoms with Gasteiger partial charge in [0.1, 0.15) is 0 Å². The minimum atomic E-state index is 0.470. The monoisotopic (exact) mass is 242 g/mol. The highest BCUT2D eigenvalue weighted by Crippen LogP contribution is 2.26. The molecule has 2 aromatic rings. The van der Waals surface area contributed by atoms with Crippen molar-refractivity contribution in [3.05, 3.63) is 42.7 Å². The summed E-state index contributed by atoms with van der Waals surface area (Å²) in [5, 5.41) is 0. The van der Waals surface area contributed by atoms with Crippen LogP contribution in [0.15, 0.2) is 42.7 Å². The number of para-hydroxylation sites is 1. The van der Waals surface area contributed by atoms with Crippen molar-refractivity contribution in [2.75, 3.05) is 17.2 Å². The fourth-order valence-electron chi connectivity index (χ4n) is 1.83. The van der Waals surface area contributed by atoms with Crippen molar-refractivity contribution in [2.45, 2.75) is 19.8 Å². The van der Waals surface area contributed by atoms with Gasteiger partial charge in [-0.15, -0.1) is 0 Å².